The number of imidazole rings is 1. The molecule has 0 fully saturated rings. The van der Waals surface area contributed by atoms with Crippen LogP contribution < -0.4 is 0 Å². The number of benzene rings is 6. The number of fused-ring (bicyclic) bond motifs is 2. The van der Waals surface area contributed by atoms with Crippen LogP contribution in [0.3, 0.4) is 0 Å². The molecular formula is C44H32N4. The number of hydrogen-bond donors (Lipinski definition) is 0. The van der Waals surface area contributed by atoms with Crippen LogP contribution in [0.5, 0.6) is 0 Å². The van der Waals surface area contributed by atoms with E-state index < -0.39 is 0 Å². The highest BCUT2D eigenvalue weighted by Crippen LogP contribution is 2.48. The lowest BCUT2D eigenvalue weighted by Gasteiger charge is -2.32. The summed E-state index contributed by atoms with van der Waals surface area (Å²) in [4.78, 5) is 5.66. The highest BCUT2D eigenvalue weighted by molar-refractivity contribution is 6.20. The van der Waals surface area contributed by atoms with Crippen LogP contribution in [0.2, 0.25) is 0 Å². The van der Waals surface area contributed by atoms with Gasteiger partial charge in [-0.25, -0.2) is 4.98 Å². The quantitative estimate of drug-likeness (QED) is 0.198. The van der Waals surface area contributed by atoms with Crippen molar-refractivity contribution in [2.24, 2.45) is 0 Å². The topological polar surface area (TPSA) is 65.4 Å². The van der Waals surface area contributed by atoms with Crippen LogP contribution in [-0.4, -0.2) is 9.55 Å². The van der Waals surface area contributed by atoms with Gasteiger partial charge in [-0.3, -0.25) is 4.57 Å². The van der Waals surface area contributed by atoms with Crippen molar-refractivity contribution in [2.75, 3.05) is 0 Å². The molecule has 0 saturated heterocycles. The maximum atomic E-state index is 9.63. The van der Waals surface area contributed by atoms with Gasteiger partial charge >= 0.3 is 0 Å². The van der Waals surface area contributed by atoms with Crippen molar-refractivity contribution in [3.8, 4) is 51.5 Å². The second kappa shape index (κ2) is 11.4. The van der Waals surface area contributed by atoms with Crippen molar-refractivity contribution in [3.05, 3.63) is 143 Å². The Morgan fingerprint density at radius 3 is 1.73 bits per heavy atom. The van der Waals surface area contributed by atoms with Crippen molar-refractivity contribution < 1.29 is 0 Å². The first-order valence-corrected chi connectivity index (χ1v) is 16.9. The zero-order valence-electron chi connectivity index (χ0n) is 26.6. The number of para-hydroxylation sites is 1. The molecule has 228 valence electrons. The Hall–Kier alpha value is -5.97. The molecule has 0 atom stereocenters. The van der Waals surface area contributed by atoms with Crippen molar-refractivity contribution in [3.63, 3.8) is 0 Å². The molecule has 7 aromatic rings. The number of nitrogens with zero attached hydrogens (tertiary/aromatic N) is 4. The van der Waals surface area contributed by atoms with E-state index in [9.17, 15) is 10.5 Å². The Labute approximate surface area is 280 Å². The molecule has 2 aliphatic carbocycles. The van der Waals surface area contributed by atoms with Crippen molar-refractivity contribution >= 4 is 21.8 Å². The average molecular weight is 617 g/mol. The van der Waals surface area contributed by atoms with Crippen LogP contribution in [0, 0.1) is 22.7 Å². The number of aryl methyl sites for hydroxylation is 2. The van der Waals surface area contributed by atoms with E-state index >= 15 is 0 Å². The van der Waals surface area contributed by atoms with Gasteiger partial charge < -0.3 is 0 Å². The van der Waals surface area contributed by atoms with Crippen LogP contribution in [0.15, 0.2) is 115 Å². The largest absolute Gasteiger partial charge is 0.292 e. The van der Waals surface area contributed by atoms with E-state index in [4.69, 9.17) is 4.98 Å². The molecule has 48 heavy (non-hydrogen) atoms. The molecule has 2 aliphatic rings. The fraction of sp³-hybridized carbons (Fsp3) is 0.159. The first-order valence-electron chi connectivity index (χ1n) is 16.9. The molecule has 0 radical (unpaired) electrons. The standard InChI is InChI=1S/C44H32N4/c45-26-28-16-20-31(21-17-28)40-37-14-4-5-15-38(37)41(32-22-18-29(27-46)19-23-32)43-42(40)47-44(48(43)36-12-2-1-3-13-36)35-24-33-10-6-8-30-9-7-11-34(25-35)39(30)33/h1-5,12-25,30H,6-11H2. The number of aromatic nitrogens is 2. The van der Waals surface area contributed by atoms with E-state index in [1.165, 1.54) is 36.8 Å². The first-order chi connectivity index (χ1) is 23.7. The highest BCUT2D eigenvalue weighted by atomic mass is 15.1. The molecule has 0 spiro atoms. The van der Waals surface area contributed by atoms with E-state index in [0.29, 0.717) is 17.0 Å². The second-order valence-corrected chi connectivity index (χ2v) is 13.2. The van der Waals surface area contributed by atoms with Crippen molar-refractivity contribution in [1.29, 1.82) is 10.5 Å². The monoisotopic (exact) mass is 616 g/mol. The zero-order valence-corrected chi connectivity index (χ0v) is 26.6. The summed E-state index contributed by atoms with van der Waals surface area (Å²) >= 11 is 0. The fourth-order valence-electron chi connectivity index (χ4n) is 8.39. The molecule has 1 aromatic heterocycles. The summed E-state index contributed by atoms with van der Waals surface area (Å²) in [6, 6.07) is 44.4. The summed E-state index contributed by atoms with van der Waals surface area (Å²) in [6.45, 7) is 0. The van der Waals surface area contributed by atoms with E-state index in [-0.39, 0.29) is 0 Å². The van der Waals surface area contributed by atoms with Gasteiger partial charge in [-0.05, 0) is 132 Å². The molecule has 0 aliphatic heterocycles. The van der Waals surface area contributed by atoms with Crippen molar-refractivity contribution in [2.45, 2.75) is 44.4 Å². The lowest BCUT2D eigenvalue weighted by Crippen LogP contribution is -2.17. The fourth-order valence-corrected chi connectivity index (χ4v) is 8.39. The zero-order chi connectivity index (χ0) is 32.2. The molecular weight excluding hydrogens is 585 g/mol. The van der Waals surface area contributed by atoms with Crippen LogP contribution >= 0.6 is 0 Å². The molecule has 0 N–H and O–H groups in total. The molecule has 0 amide bonds. The van der Waals surface area contributed by atoms with Gasteiger partial charge in [-0.2, -0.15) is 10.5 Å². The van der Waals surface area contributed by atoms with Crippen LogP contribution in [0.1, 0.15) is 59.4 Å². The van der Waals surface area contributed by atoms with Crippen LogP contribution in [-0.2, 0) is 12.8 Å². The van der Waals surface area contributed by atoms with E-state index in [2.05, 4.69) is 95.6 Å². The molecule has 9 rings (SSSR count). The smallest absolute Gasteiger partial charge is 0.145 e. The van der Waals surface area contributed by atoms with Gasteiger partial charge in [0.1, 0.15) is 5.82 Å². The first kappa shape index (κ1) is 28.3. The normalized spacial score (nSPS) is 14.0. The minimum Gasteiger partial charge on any atom is -0.292 e. The summed E-state index contributed by atoms with van der Waals surface area (Å²) < 4.78 is 2.36. The van der Waals surface area contributed by atoms with Gasteiger partial charge in [0.05, 0.1) is 34.3 Å². The molecule has 0 unspecified atom stereocenters. The minimum atomic E-state index is 0.630. The average Bonchev–Trinajstić information content (AvgIpc) is 3.54. The van der Waals surface area contributed by atoms with Gasteiger partial charge in [-0.1, -0.05) is 66.7 Å². The van der Waals surface area contributed by atoms with Crippen molar-refractivity contribution in [1.82, 2.24) is 9.55 Å². The Morgan fingerprint density at radius 1 is 0.604 bits per heavy atom. The molecule has 1 heterocycles. The molecule has 4 heteroatoms. The second-order valence-electron chi connectivity index (χ2n) is 13.2. The number of nitriles is 2. The lowest BCUT2D eigenvalue weighted by atomic mass is 9.73. The van der Waals surface area contributed by atoms with E-state index in [1.54, 1.807) is 5.56 Å². The van der Waals surface area contributed by atoms with E-state index in [1.807, 2.05) is 36.4 Å². The van der Waals surface area contributed by atoms with Gasteiger partial charge in [0.25, 0.3) is 0 Å². The number of hydrogen-bond acceptors (Lipinski definition) is 3. The summed E-state index contributed by atoms with van der Waals surface area (Å²) in [5.41, 5.74) is 14.2. The van der Waals surface area contributed by atoms with Gasteiger partial charge in [0, 0.05) is 22.4 Å². The Balaban J connectivity index is 1.46. The minimum absolute atomic E-state index is 0.630. The Morgan fingerprint density at radius 2 is 1.15 bits per heavy atom. The van der Waals surface area contributed by atoms with Gasteiger partial charge in [0.15, 0.2) is 0 Å². The van der Waals surface area contributed by atoms with E-state index in [0.717, 1.165) is 74.0 Å². The summed E-state index contributed by atoms with van der Waals surface area (Å²) in [6.07, 6.45) is 7.33. The van der Waals surface area contributed by atoms with Gasteiger partial charge in [0.2, 0.25) is 0 Å². The SMILES string of the molecule is N#Cc1ccc(-c2c3ccccc3c(-c3ccc(C#N)cc3)c3c2nc(-c2cc4c5c(c2)CCCC5CCC4)n3-c2ccccc2)cc1. The maximum absolute atomic E-state index is 9.63. The summed E-state index contributed by atoms with van der Waals surface area (Å²) in [7, 11) is 0. The van der Waals surface area contributed by atoms with Crippen LogP contribution in [0.4, 0.5) is 0 Å². The lowest BCUT2D eigenvalue weighted by molar-refractivity contribution is 0.477. The molecule has 4 nitrogen and oxygen atoms in total. The Kier molecular flexibility index (Phi) is 6.70. The predicted molar refractivity (Wildman–Crippen MR) is 193 cm³/mol. The molecule has 0 saturated carbocycles. The highest BCUT2D eigenvalue weighted by Gasteiger charge is 2.29. The van der Waals surface area contributed by atoms with Gasteiger partial charge in [-0.15, -0.1) is 0 Å². The maximum Gasteiger partial charge on any atom is 0.145 e. The third-order valence-corrected chi connectivity index (χ3v) is 10.5. The summed E-state index contributed by atoms with van der Waals surface area (Å²) in [5, 5.41) is 21.4. The molecule has 0 bridgehead atoms. The predicted octanol–water partition coefficient (Wildman–Crippen LogP) is 10.7. The molecule has 6 aromatic carbocycles. The Bertz CT molecular complexity index is 2420. The van der Waals surface area contributed by atoms with Crippen LogP contribution in [0.25, 0.3) is 61.1 Å². The third-order valence-electron chi connectivity index (χ3n) is 10.5. The third kappa shape index (κ3) is 4.45. The summed E-state index contributed by atoms with van der Waals surface area (Å²) in [5.74, 6) is 1.62. The number of rotatable bonds is 4.